The maximum Gasteiger partial charge on any atom is 0.275 e. The average molecular weight is 409 g/mol. The predicted octanol–water partition coefficient (Wildman–Crippen LogP) is 2.57. The van der Waals surface area contributed by atoms with Crippen molar-refractivity contribution in [1.29, 1.82) is 0 Å². The van der Waals surface area contributed by atoms with Crippen molar-refractivity contribution in [3.63, 3.8) is 0 Å². The molecule has 0 aromatic carbocycles. The minimum atomic E-state index is -0.184. The molecule has 1 saturated carbocycles. The third-order valence-electron chi connectivity index (χ3n) is 5.27. The monoisotopic (exact) mass is 409 g/mol. The third kappa shape index (κ3) is 4.35. The smallest absolute Gasteiger partial charge is 0.275 e. The largest absolute Gasteiger partial charge is 0.491 e. The first kappa shape index (κ1) is 20.1. The van der Waals surface area contributed by atoms with E-state index in [1.54, 1.807) is 23.0 Å². The van der Waals surface area contributed by atoms with E-state index in [-0.39, 0.29) is 17.3 Å². The Balaban J connectivity index is 1.57. The van der Waals surface area contributed by atoms with Crippen LogP contribution in [0.5, 0.6) is 5.75 Å². The number of nitrogens with zero attached hydrogens (tertiary/aromatic N) is 5. The fraction of sp³-hybridized carbons (Fsp3) is 0.429. The first-order valence-corrected chi connectivity index (χ1v) is 10.2. The number of rotatable bonds is 7. The molecule has 9 heteroatoms. The first-order chi connectivity index (χ1) is 14.5. The number of nitrogen functional groups attached to an aromatic ring is 1. The van der Waals surface area contributed by atoms with E-state index >= 15 is 0 Å². The number of ether oxygens (including phenoxy) is 1. The molecule has 3 N–H and O–H groups in total. The van der Waals surface area contributed by atoms with Gasteiger partial charge in [-0.3, -0.25) is 9.36 Å². The summed E-state index contributed by atoms with van der Waals surface area (Å²) in [6, 6.07) is 5.43. The van der Waals surface area contributed by atoms with Crippen molar-refractivity contribution in [1.82, 2.24) is 24.4 Å². The van der Waals surface area contributed by atoms with Gasteiger partial charge >= 0.3 is 0 Å². The van der Waals surface area contributed by atoms with Crippen LogP contribution < -0.4 is 21.3 Å². The molecule has 1 aliphatic rings. The number of anilines is 3. The van der Waals surface area contributed by atoms with Crippen molar-refractivity contribution in [2.24, 2.45) is 0 Å². The molecule has 0 amide bonds. The molecule has 3 aromatic heterocycles. The van der Waals surface area contributed by atoms with Gasteiger partial charge in [-0.05, 0) is 45.1 Å². The molecule has 0 atom stereocenters. The Morgan fingerprint density at radius 1 is 1.23 bits per heavy atom. The Hall–Kier alpha value is -3.20. The molecule has 0 radical (unpaired) electrons. The highest BCUT2D eigenvalue weighted by atomic mass is 16.5. The fourth-order valence-electron chi connectivity index (χ4n) is 3.70. The van der Waals surface area contributed by atoms with Crippen LogP contribution in [0.15, 0.2) is 35.4 Å². The average Bonchev–Trinajstić information content (AvgIpc) is 3.25. The lowest BCUT2D eigenvalue weighted by molar-refractivity contribution is 0.260. The molecule has 158 valence electrons. The van der Waals surface area contributed by atoms with Crippen molar-refractivity contribution in [3.05, 3.63) is 40.9 Å². The Kier molecular flexibility index (Phi) is 5.80. The number of nitrogens with one attached hydrogen (secondary N) is 1. The maximum absolute atomic E-state index is 12.7. The van der Waals surface area contributed by atoms with Gasteiger partial charge < -0.3 is 20.7 Å². The number of fused-ring (bicyclic) bond motifs is 1. The van der Waals surface area contributed by atoms with Gasteiger partial charge in [0, 0.05) is 24.2 Å². The molecule has 3 aromatic rings. The molecule has 30 heavy (non-hydrogen) atoms. The molecule has 0 saturated heterocycles. The summed E-state index contributed by atoms with van der Waals surface area (Å²) < 4.78 is 7.40. The second-order valence-electron chi connectivity index (χ2n) is 7.84. The molecule has 1 fully saturated rings. The molecule has 0 aliphatic heterocycles. The fourth-order valence-corrected chi connectivity index (χ4v) is 3.70. The molecule has 0 unspecified atom stereocenters. The van der Waals surface area contributed by atoms with Crippen LogP contribution in [0.3, 0.4) is 0 Å². The molecule has 0 spiro atoms. The number of hydrogen-bond acceptors (Lipinski definition) is 8. The van der Waals surface area contributed by atoms with Gasteiger partial charge in [-0.1, -0.05) is 12.8 Å². The highest BCUT2D eigenvalue weighted by Crippen LogP contribution is 2.31. The van der Waals surface area contributed by atoms with E-state index in [2.05, 4.69) is 25.2 Å². The molecular weight excluding hydrogens is 382 g/mol. The molecule has 1 aliphatic carbocycles. The van der Waals surface area contributed by atoms with Crippen molar-refractivity contribution < 1.29 is 4.74 Å². The lowest BCUT2D eigenvalue weighted by atomic mass is 10.2. The van der Waals surface area contributed by atoms with E-state index in [0.717, 1.165) is 37.6 Å². The Morgan fingerprint density at radius 2 is 2.03 bits per heavy atom. The number of aromatic nitrogens is 4. The number of hydrogen-bond donors (Lipinski definition) is 2. The van der Waals surface area contributed by atoms with Crippen LogP contribution in [-0.2, 0) is 0 Å². The van der Waals surface area contributed by atoms with Crippen molar-refractivity contribution in [2.75, 3.05) is 38.3 Å². The van der Waals surface area contributed by atoms with E-state index in [1.165, 1.54) is 0 Å². The number of nitrogens with two attached hydrogens (primary N) is 1. The van der Waals surface area contributed by atoms with E-state index in [4.69, 9.17) is 10.5 Å². The topological polar surface area (TPSA) is 111 Å². The number of pyridine rings is 2. The summed E-state index contributed by atoms with van der Waals surface area (Å²) in [5.74, 6) is 1.68. The highest BCUT2D eigenvalue weighted by molar-refractivity contribution is 5.79. The summed E-state index contributed by atoms with van der Waals surface area (Å²) in [5, 5.41) is 3.86. The summed E-state index contributed by atoms with van der Waals surface area (Å²) in [5.41, 5.74) is 6.59. The molecule has 3 heterocycles. The lowest BCUT2D eigenvalue weighted by Crippen LogP contribution is -2.27. The zero-order chi connectivity index (χ0) is 21.1. The van der Waals surface area contributed by atoms with Gasteiger partial charge in [0.1, 0.15) is 23.8 Å². The van der Waals surface area contributed by atoms with Gasteiger partial charge in [0.25, 0.3) is 5.56 Å². The third-order valence-corrected chi connectivity index (χ3v) is 5.27. The van der Waals surface area contributed by atoms with Crippen molar-refractivity contribution in [3.8, 4) is 5.75 Å². The summed E-state index contributed by atoms with van der Waals surface area (Å²) in [6.07, 6.45) is 7.48. The van der Waals surface area contributed by atoms with Gasteiger partial charge in [-0.25, -0.2) is 9.97 Å². The van der Waals surface area contributed by atoms with Crippen LogP contribution in [0.2, 0.25) is 0 Å². The van der Waals surface area contributed by atoms with E-state index in [0.29, 0.717) is 29.8 Å². The van der Waals surface area contributed by atoms with Gasteiger partial charge in [0.2, 0.25) is 5.95 Å². The van der Waals surface area contributed by atoms with Crippen LogP contribution in [0.4, 0.5) is 17.5 Å². The SMILES string of the molecule is CN(C)CCOc1ccc(Nc2ncc3cc(N)c(=O)n(C4CCCC4)c3n2)nc1. The van der Waals surface area contributed by atoms with Gasteiger partial charge in [0.15, 0.2) is 0 Å². The van der Waals surface area contributed by atoms with Crippen LogP contribution in [-0.4, -0.2) is 51.7 Å². The number of likely N-dealkylation sites (N-methyl/N-ethyl adjacent to an activating group) is 1. The van der Waals surface area contributed by atoms with Crippen molar-refractivity contribution >= 4 is 28.5 Å². The minimum Gasteiger partial charge on any atom is -0.491 e. The summed E-state index contributed by atoms with van der Waals surface area (Å²) in [4.78, 5) is 28.1. The van der Waals surface area contributed by atoms with Crippen LogP contribution in [0.25, 0.3) is 11.0 Å². The molecular formula is C21H27N7O2. The Morgan fingerprint density at radius 3 is 2.73 bits per heavy atom. The summed E-state index contributed by atoms with van der Waals surface area (Å²) in [7, 11) is 4.00. The predicted molar refractivity (Wildman–Crippen MR) is 117 cm³/mol. The Labute approximate surface area is 174 Å². The standard InChI is InChI=1S/C21H27N7O2/c1-27(2)9-10-30-16-7-8-18(23-13-16)25-21-24-12-14-11-17(22)20(29)28(19(14)26-21)15-5-3-4-6-15/h7-8,11-13,15H,3-6,9-10,22H2,1-2H3,(H,23,24,25,26). The zero-order valence-electron chi connectivity index (χ0n) is 17.3. The quantitative estimate of drug-likeness (QED) is 0.612. The summed E-state index contributed by atoms with van der Waals surface area (Å²) >= 11 is 0. The summed E-state index contributed by atoms with van der Waals surface area (Å²) in [6.45, 7) is 1.43. The first-order valence-electron chi connectivity index (χ1n) is 10.2. The zero-order valence-corrected chi connectivity index (χ0v) is 17.3. The van der Waals surface area contributed by atoms with E-state index in [1.807, 2.05) is 26.2 Å². The van der Waals surface area contributed by atoms with Gasteiger partial charge in [-0.2, -0.15) is 4.98 Å². The maximum atomic E-state index is 12.7. The van der Waals surface area contributed by atoms with Crippen LogP contribution in [0, 0.1) is 0 Å². The van der Waals surface area contributed by atoms with Crippen molar-refractivity contribution in [2.45, 2.75) is 31.7 Å². The van der Waals surface area contributed by atoms with Gasteiger partial charge in [0.05, 0.1) is 11.9 Å². The second-order valence-corrected chi connectivity index (χ2v) is 7.84. The molecule has 9 nitrogen and oxygen atoms in total. The lowest BCUT2D eigenvalue weighted by Gasteiger charge is -2.17. The van der Waals surface area contributed by atoms with E-state index < -0.39 is 0 Å². The normalized spacial score (nSPS) is 14.5. The molecule has 4 rings (SSSR count). The minimum absolute atomic E-state index is 0.128. The van der Waals surface area contributed by atoms with Gasteiger partial charge in [-0.15, -0.1) is 0 Å². The van der Waals surface area contributed by atoms with Crippen LogP contribution in [0.1, 0.15) is 31.7 Å². The highest BCUT2D eigenvalue weighted by Gasteiger charge is 2.22. The second kappa shape index (κ2) is 8.66. The Bertz CT molecular complexity index is 1070. The molecule has 0 bridgehead atoms. The van der Waals surface area contributed by atoms with Crippen LogP contribution >= 0.6 is 0 Å². The van der Waals surface area contributed by atoms with E-state index in [9.17, 15) is 4.79 Å².